The highest BCUT2D eigenvalue weighted by Gasteiger charge is 2.10. The predicted molar refractivity (Wildman–Crippen MR) is 45.5 cm³/mol. The third-order valence-electron chi connectivity index (χ3n) is 1.76. The lowest BCUT2D eigenvalue weighted by atomic mass is 10.00. The Balaban J connectivity index is 3.55. The van der Waals surface area contributed by atoms with Crippen molar-refractivity contribution < 1.29 is 9.90 Å². The Morgan fingerprint density at radius 3 is 2.67 bits per heavy atom. The maximum atomic E-state index is 10.3. The predicted octanol–water partition coefficient (Wildman–Crippen LogP) is 2.18. The van der Waals surface area contributed by atoms with Crippen molar-refractivity contribution in [3.8, 4) is 6.07 Å². The number of nitriles is 1. The van der Waals surface area contributed by atoms with E-state index < -0.39 is 5.97 Å². The van der Waals surface area contributed by atoms with Crippen LogP contribution in [-0.4, -0.2) is 11.1 Å². The molecule has 0 aliphatic heterocycles. The first-order valence-corrected chi connectivity index (χ1v) is 4.32. The van der Waals surface area contributed by atoms with Crippen LogP contribution in [0, 0.1) is 17.2 Å². The van der Waals surface area contributed by atoms with Crippen LogP contribution < -0.4 is 0 Å². The van der Waals surface area contributed by atoms with Gasteiger partial charge in [-0.1, -0.05) is 26.2 Å². The van der Waals surface area contributed by atoms with E-state index in [4.69, 9.17) is 10.4 Å². The Bertz CT molecular complexity index is 172. The maximum Gasteiger partial charge on any atom is 0.304 e. The van der Waals surface area contributed by atoms with Gasteiger partial charge in [0.1, 0.15) is 0 Å². The molecule has 0 saturated carbocycles. The van der Waals surface area contributed by atoms with Crippen molar-refractivity contribution in [2.24, 2.45) is 5.92 Å². The van der Waals surface area contributed by atoms with Crippen LogP contribution in [0.2, 0.25) is 0 Å². The van der Waals surface area contributed by atoms with Crippen molar-refractivity contribution in [2.45, 2.75) is 39.0 Å². The van der Waals surface area contributed by atoms with Crippen molar-refractivity contribution >= 4 is 5.97 Å². The highest BCUT2D eigenvalue weighted by atomic mass is 16.4. The van der Waals surface area contributed by atoms with Crippen LogP contribution in [0.25, 0.3) is 0 Å². The van der Waals surface area contributed by atoms with E-state index in [9.17, 15) is 4.79 Å². The number of carbonyl (C=O) groups is 1. The van der Waals surface area contributed by atoms with Gasteiger partial charge in [0.05, 0.1) is 18.4 Å². The van der Waals surface area contributed by atoms with Gasteiger partial charge in [-0.3, -0.25) is 4.79 Å². The third-order valence-corrected chi connectivity index (χ3v) is 1.76. The summed E-state index contributed by atoms with van der Waals surface area (Å²) in [5.74, 6) is -1.17. The molecule has 0 amide bonds. The second-order valence-electron chi connectivity index (χ2n) is 2.92. The standard InChI is InChI=1S/C9H15NO2/c1-2-3-4-5-8(7-10)6-9(11)12/h8H,2-6H2,1H3,(H,11,12). The molecule has 0 rings (SSSR count). The molecular weight excluding hydrogens is 154 g/mol. The number of unbranched alkanes of at least 4 members (excludes halogenated alkanes) is 2. The summed E-state index contributed by atoms with van der Waals surface area (Å²) in [6, 6.07) is 2.01. The van der Waals surface area contributed by atoms with Gasteiger partial charge < -0.3 is 5.11 Å². The second kappa shape index (κ2) is 6.66. The Hall–Kier alpha value is -1.04. The van der Waals surface area contributed by atoms with Gasteiger partial charge in [-0.15, -0.1) is 0 Å². The van der Waals surface area contributed by atoms with E-state index in [2.05, 4.69) is 6.92 Å². The lowest BCUT2D eigenvalue weighted by Crippen LogP contribution is -2.05. The van der Waals surface area contributed by atoms with Gasteiger partial charge in [0.15, 0.2) is 0 Å². The average molecular weight is 169 g/mol. The van der Waals surface area contributed by atoms with Gasteiger partial charge in [-0.25, -0.2) is 0 Å². The topological polar surface area (TPSA) is 61.1 Å². The summed E-state index contributed by atoms with van der Waals surface area (Å²) < 4.78 is 0. The highest BCUT2D eigenvalue weighted by molar-refractivity contribution is 5.67. The normalized spacial score (nSPS) is 12.0. The maximum absolute atomic E-state index is 10.3. The van der Waals surface area contributed by atoms with Crippen LogP contribution in [0.3, 0.4) is 0 Å². The molecule has 12 heavy (non-hydrogen) atoms. The highest BCUT2D eigenvalue weighted by Crippen LogP contribution is 2.12. The third kappa shape index (κ3) is 5.72. The largest absolute Gasteiger partial charge is 0.481 e. The summed E-state index contributed by atoms with van der Waals surface area (Å²) in [5.41, 5.74) is 0. The van der Waals surface area contributed by atoms with Gasteiger partial charge in [0, 0.05) is 0 Å². The van der Waals surface area contributed by atoms with Gasteiger partial charge in [-0.05, 0) is 6.42 Å². The van der Waals surface area contributed by atoms with E-state index in [0.717, 1.165) is 25.7 Å². The van der Waals surface area contributed by atoms with Crippen molar-refractivity contribution in [2.75, 3.05) is 0 Å². The fourth-order valence-corrected chi connectivity index (χ4v) is 1.06. The molecule has 0 aromatic rings. The van der Waals surface area contributed by atoms with Crippen molar-refractivity contribution in [3.63, 3.8) is 0 Å². The number of carboxylic acid groups (broad SMARTS) is 1. The van der Waals surface area contributed by atoms with Crippen LogP contribution in [0.15, 0.2) is 0 Å². The van der Waals surface area contributed by atoms with E-state index >= 15 is 0 Å². The number of carboxylic acids is 1. The zero-order chi connectivity index (χ0) is 9.40. The van der Waals surface area contributed by atoms with Gasteiger partial charge in [0.2, 0.25) is 0 Å². The lowest BCUT2D eigenvalue weighted by Gasteiger charge is -2.03. The summed E-state index contributed by atoms with van der Waals surface area (Å²) in [6.07, 6.45) is 3.85. The molecule has 0 aromatic heterocycles. The zero-order valence-electron chi connectivity index (χ0n) is 7.42. The van der Waals surface area contributed by atoms with Crippen LogP contribution in [0.1, 0.15) is 39.0 Å². The first-order chi connectivity index (χ1) is 5.70. The number of hydrogen-bond acceptors (Lipinski definition) is 2. The number of rotatable bonds is 6. The molecule has 68 valence electrons. The van der Waals surface area contributed by atoms with E-state index in [0.29, 0.717) is 0 Å². The molecule has 1 atom stereocenters. The molecule has 0 aliphatic carbocycles. The SMILES string of the molecule is CCCCCC(C#N)CC(=O)O. The van der Waals surface area contributed by atoms with Crippen molar-refractivity contribution in [3.05, 3.63) is 0 Å². The minimum absolute atomic E-state index is 0.0137. The smallest absolute Gasteiger partial charge is 0.304 e. The summed E-state index contributed by atoms with van der Waals surface area (Å²) in [5, 5.41) is 17.0. The van der Waals surface area contributed by atoms with E-state index in [1.807, 2.05) is 6.07 Å². The Morgan fingerprint density at radius 2 is 2.25 bits per heavy atom. The molecule has 0 radical (unpaired) electrons. The molecule has 0 spiro atoms. The van der Waals surface area contributed by atoms with E-state index in [-0.39, 0.29) is 12.3 Å². The summed E-state index contributed by atoms with van der Waals surface area (Å²) in [6.45, 7) is 2.08. The van der Waals surface area contributed by atoms with E-state index in [1.54, 1.807) is 0 Å². The molecule has 0 saturated heterocycles. The molecule has 1 N–H and O–H groups in total. The molecule has 0 aromatic carbocycles. The summed E-state index contributed by atoms with van der Waals surface area (Å²) in [7, 11) is 0. The number of nitrogens with zero attached hydrogens (tertiary/aromatic N) is 1. The van der Waals surface area contributed by atoms with Crippen LogP contribution in [0.4, 0.5) is 0 Å². The van der Waals surface area contributed by atoms with E-state index in [1.165, 1.54) is 0 Å². The zero-order valence-corrected chi connectivity index (χ0v) is 7.42. The minimum Gasteiger partial charge on any atom is -0.481 e. The fourth-order valence-electron chi connectivity index (χ4n) is 1.06. The quantitative estimate of drug-likeness (QED) is 0.620. The summed E-state index contributed by atoms with van der Waals surface area (Å²) in [4.78, 5) is 10.3. The number of hydrogen-bond donors (Lipinski definition) is 1. The van der Waals surface area contributed by atoms with Gasteiger partial charge in [0.25, 0.3) is 0 Å². The molecule has 0 heterocycles. The molecule has 1 unspecified atom stereocenters. The summed E-state index contributed by atoms with van der Waals surface area (Å²) >= 11 is 0. The van der Waals surface area contributed by atoms with Crippen LogP contribution in [0.5, 0.6) is 0 Å². The lowest BCUT2D eigenvalue weighted by molar-refractivity contribution is -0.137. The van der Waals surface area contributed by atoms with Crippen LogP contribution >= 0.6 is 0 Å². The van der Waals surface area contributed by atoms with Gasteiger partial charge in [-0.2, -0.15) is 5.26 Å². The fraction of sp³-hybridized carbons (Fsp3) is 0.778. The number of aliphatic carboxylic acids is 1. The Kier molecular flexibility index (Phi) is 6.08. The molecule has 0 fully saturated rings. The first kappa shape index (κ1) is 11.0. The van der Waals surface area contributed by atoms with Gasteiger partial charge >= 0.3 is 5.97 Å². The molecule has 3 nitrogen and oxygen atoms in total. The Morgan fingerprint density at radius 1 is 1.58 bits per heavy atom. The average Bonchev–Trinajstić information content (AvgIpc) is 2.02. The monoisotopic (exact) mass is 169 g/mol. The van der Waals surface area contributed by atoms with Crippen molar-refractivity contribution in [1.82, 2.24) is 0 Å². The molecular formula is C9H15NO2. The second-order valence-corrected chi connectivity index (χ2v) is 2.92. The Labute approximate surface area is 73.0 Å². The first-order valence-electron chi connectivity index (χ1n) is 4.32. The van der Waals surface area contributed by atoms with Crippen LogP contribution in [-0.2, 0) is 4.79 Å². The minimum atomic E-state index is -0.877. The molecule has 3 heteroatoms. The van der Waals surface area contributed by atoms with Crippen molar-refractivity contribution in [1.29, 1.82) is 5.26 Å². The molecule has 0 aliphatic rings. The molecule has 0 bridgehead atoms.